The van der Waals surface area contributed by atoms with E-state index in [2.05, 4.69) is 10.0 Å². The number of carbonyl (C=O) groups excluding carboxylic acids is 1. The molecule has 126 valence electrons. The molecule has 0 saturated heterocycles. The van der Waals surface area contributed by atoms with Crippen LogP contribution in [0.1, 0.15) is 34.3 Å². The van der Waals surface area contributed by atoms with E-state index in [0.29, 0.717) is 5.56 Å². The van der Waals surface area contributed by atoms with Crippen LogP contribution in [-0.2, 0) is 10.0 Å². The number of hydrogen-bond acceptors (Lipinski definition) is 3. The van der Waals surface area contributed by atoms with Gasteiger partial charge in [-0.1, -0.05) is 18.2 Å². The Morgan fingerprint density at radius 3 is 2.54 bits per heavy atom. The van der Waals surface area contributed by atoms with Crippen LogP contribution < -0.4 is 10.0 Å². The van der Waals surface area contributed by atoms with Crippen LogP contribution in [0.25, 0.3) is 0 Å². The Bertz CT molecular complexity index is 887. The summed E-state index contributed by atoms with van der Waals surface area (Å²) in [6, 6.07) is 11.9. The maximum absolute atomic E-state index is 12.5. The molecule has 0 bridgehead atoms. The van der Waals surface area contributed by atoms with Crippen molar-refractivity contribution < 1.29 is 13.2 Å². The van der Waals surface area contributed by atoms with Gasteiger partial charge in [0.05, 0.1) is 4.90 Å². The second-order valence-corrected chi connectivity index (χ2v) is 7.91. The van der Waals surface area contributed by atoms with Crippen LogP contribution in [0.15, 0.2) is 47.4 Å². The van der Waals surface area contributed by atoms with Crippen molar-refractivity contribution in [2.45, 2.75) is 37.6 Å². The zero-order valence-corrected chi connectivity index (χ0v) is 14.5. The average Bonchev–Trinajstić information content (AvgIpc) is 3.34. The Labute approximate surface area is 142 Å². The smallest absolute Gasteiger partial charge is 0.255 e. The standard InChI is InChI=1S/C18H20N2O3S/c1-12-6-7-13(2)17(10-12)19-18(21)14-4-3-5-16(11-14)24(22,23)20-15-8-9-15/h3-7,10-11,15,20H,8-9H2,1-2H3,(H,19,21). The molecule has 1 amide bonds. The SMILES string of the molecule is Cc1ccc(C)c(NC(=O)c2cccc(S(=O)(=O)NC3CC3)c2)c1. The lowest BCUT2D eigenvalue weighted by Gasteiger charge is -2.11. The van der Waals surface area contributed by atoms with Gasteiger partial charge in [0.2, 0.25) is 10.0 Å². The molecule has 0 aromatic heterocycles. The molecule has 0 aliphatic heterocycles. The van der Waals surface area contributed by atoms with Crippen LogP contribution >= 0.6 is 0 Å². The fourth-order valence-corrected chi connectivity index (χ4v) is 3.71. The van der Waals surface area contributed by atoms with Crippen LogP contribution in [0, 0.1) is 13.8 Å². The number of carbonyl (C=O) groups is 1. The molecule has 0 radical (unpaired) electrons. The van der Waals surface area contributed by atoms with Gasteiger partial charge in [0, 0.05) is 17.3 Å². The molecular formula is C18H20N2O3S. The summed E-state index contributed by atoms with van der Waals surface area (Å²) in [5.41, 5.74) is 3.04. The third-order valence-electron chi connectivity index (χ3n) is 3.95. The molecule has 1 aliphatic carbocycles. The molecule has 24 heavy (non-hydrogen) atoms. The van der Waals surface area contributed by atoms with Crippen LogP contribution in [0.5, 0.6) is 0 Å². The summed E-state index contributed by atoms with van der Waals surface area (Å²) >= 11 is 0. The number of benzene rings is 2. The van der Waals surface area contributed by atoms with Gasteiger partial charge in [-0.15, -0.1) is 0 Å². The van der Waals surface area contributed by atoms with Crippen molar-refractivity contribution in [3.05, 3.63) is 59.2 Å². The van der Waals surface area contributed by atoms with E-state index >= 15 is 0 Å². The minimum atomic E-state index is -3.57. The molecule has 1 fully saturated rings. The largest absolute Gasteiger partial charge is 0.322 e. The monoisotopic (exact) mass is 344 g/mol. The van der Waals surface area contributed by atoms with Gasteiger partial charge in [-0.05, 0) is 62.1 Å². The zero-order chi connectivity index (χ0) is 17.3. The topological polar surface area (TPSA) is 75.3 Å². The fraction of sp³-hybridized carbons (Fsp3) is 0.278. The number of sulfonamides is 1. The second-order valence-electron chi connectivity index (χ2n) is 6.20. The number of aryl methyl sites for hydroxylation is 2. The predicted octanol–water partition coefficient (Wildman–Crippen LogP) is 3.00. The van der Waals surface area contributed by atoms with Gasteiger partial charge in [0.1, 0.15) is 0 Å². The number of hydrogen-bond donors (Lipinski definition) is 2. The summed E-state index contributed by atoms with van der Waals surface area (Å²) in [6.07, 6.45) is 1.73. The number of anilines is 1. The highest BCUT2D eigenvalue weighted by molar-refractivity contribution is 7.89. The van der Waals surface area contributed by atoms with E-state index in [4.69, 9.17) is 0 Å². The molecule has 0 spiro atoms. The molecule has 0 unspecified atom stereocenters. The van der Waals surface area contributed by atoms with E-state index in [1.807, 2.05) is 32.0 Å². The number of rotatable bonds is 5. The number of nitrogens with one attached hydrogen (secondary N) is 2. The predicted molar refractivity (Wildman–Crippen MR) is 93.7 cm³/mol. The number of amides is 1. The van der Waals surface area contributed by atoms with Gasteiger partial charge in [-0.25, -0.2) is 13.1 Å². The summed E-state index contributed by atoms with van der Waals surface area (Å²) < 4.78 is 27.2. The van der Waals surface area contributed by atoms with E-state index in [0.717, 1.165) is 29.7 Å². The van der Waals surface area contributed by atoms with E-state index < -0.39 is 10.0 Å². The minimum Gasteiger partial charge on any atom is -0.322 e. The van der Waals surface area contributed by atoms with Crippen LogP contribution in [-0.4, -0.2) is 20.4 Å². The quantitative estimate of drug-likeness (QED) is 0.875. The maximum Gasteiger partial charge on any atom is 0.255 e. The second kappa shape index (κ2) is 6.37. The molecule has 5 nitrogen and oxygen atoms in total. The van der Waals surface area contributed by atoms with E-state index in [-0.39, 0.29) is 16.8 Å². The van der Waals surface area contributed by atoms with Crippen molar-refractivity contribution in [1.82, 2.24) is 4.72 Å². The van der Waals surface area contributed by atoms with Crippen LogP contribution in [0.2, 0.25) is 0 Å². The van der Waals surface area contributed by atoms with E-state index in [1.165, 1.54) is 12.1 Å². The molecule has 1 saturated carbocycles. The first-order chi connectivity index (χ1) is 11.3. The van der Waals surface area contributed by atoms with Crippen molar-refractivity contribution in [3.63, 3.8) is 0 Å². The van der Waals surface area contributed by atoms with Gasteiger partial charge in [-0.2, -0.15) is 0 Å². The first-order valence-corrected chi connectivity index (χ1v) is 9.34. The Balaban J connectivity index is 1.82. The van der Waals surface area contributed by atoms with Gasteiger partial charge < -0.3 is 5.32 Å². The molecule has 0 heterocycles. The Morgan fingerprint density at radius 1 is 1.08 bits per heavy atom. The third-order valence-corrected chi connectivity index (χ3v) is 5.47. The first-order valence-electron chi connectivity index (χ1n) is 7.86. The molecule has 2 aromatic carbocycles. The summed E-state index contributed by atoms with van der Waals surface area (Å²) in [7, 11) is -3.57. The molecule has 0 atom stereocenters. The summed E-state index contributed by atoms with van der Waals surface area (Å²) in [5.74, 6) is -0.327. The molecule has 1 aliphatic rings. The zero-order valence-electron chi connectivity index (χ0n) is 13.7. The van der Waals surface area contributed by atoms with Gasteiger partial charge in [-0.3, -0.25) is 4.79 Å². The van der Waals surface area contributed by atoms with Crippen LogP contribution in [0.4, 0.5) is 5.69 Å². The van der Waals surface area contributed by atoms with Crippen molar-refractivity contribution in [2.24, 2.45) is 0 Å². The summed E-state index contributed by atoms with van der Waals surface area (Å²) in [5, 5.41) is 2.84. The van der Waals surface area contributed by atoms with E-state index in [9.17, 15) is 13.2 Å². The Kier molecular flexibility index (Phi) is 4.43. The molecule has 2 N–H and O–H groups in total. The highest BCUT2D eigenvalue weighted by Gasteiger charge is 2.28. The average molecular weight is 344 g/mol. The molecule has 2 aromatic rings. The maximum atomic E-state index is 12.5. The highest BCUT2D eigenvalue weighted by atomic mass is 32.2. The lowest BCUT2D eigenvalue weighted by molar-refractivity contribution is 0.102. The lowest BCUT2D eigenvalue weighted by Crippen LogP contribution is -2.26. The normalized spacial score (nSPS) is 14.4. The molecular weight excluding hydrogens is 324 g/mol. The lowest BCUT2D eigenvalue weighted by atomic mass is 10.1. The molecule has 6 heteroatoms. The first kappa shape index (κ1) is 16.7. The van der Waals surface area contributed by atoms with Gasteiger partial charge in [0.25, 0.3) is 5.91 Å². The van der Waals surface area contributed by atoms with Crippen LogP contribution in [0.3, 0.4) is 0 Å². The highest BCUT2D eigenvalue weighted by Crippen LogP contribution is 2.23. The van der Waals surface area contributed by atoms with Gasteiger partial charge in [0.15, 0.2) is 0 Å². The molecule has 3 rings (SSSR count). The van der Waals surface area contributed by atoms with Crippen molar-refractivity contribution >= 4 is 21.6 Å². The fourth-order valence-electron chi connectivity index (χ4n) is 2.36. The van der Waals surface area contributed by atoms with Crippen molar-refractivity contribution in [1.29, 1.82) is 0 Å². The Hall–Kier alpha value is -2.18. The van der Waals surface area contributed by atoms with Crippen molar-refractivity contribution in [3.8, 4) is 0 Å². The minimum absolute atomic E-state index is 0.0300. The third kappa shape index (κ3) is 3.83. The van der Waals surface area contributed by atoms with E-state index in [1.54, 1.807) is 12.1 Å². The van der Waals surface area contributed by atoms with Gasteiger partial charge >= 0.3 is 0 Å². The summed E-state index contributed by atoms with van der Waals surface area (Å²) in [4.78, 5) is 12.6. The Morgan fingerprint density at radius 2 is 1.83 bits per heavy atom. The summed E-state index contributed by atoms with van der Waals surface area (Å²) in [6.45, 7) is 3.86. The van der Waals surface area contributed by atoms with Crippen molar-refractivity contribution in [2.75, 3.05) is 5.32 Å².